The van der Waals surface area contributed by atoms with E-state index in [-0.39, 0.29) is 5.75 Å². The largest absolute Gasteiger partial charge is 0.507 e. The van der Waals surface area contributed by atoms with Crippen LogP contribution < -0.4 is 5.63 Å². The van der Waals surface area contributed by atoms with Gasteiger partial charge in [0, 0.05) is 25.0 Å². The average molecular weight is 403 g/mol. The molecule has 1 aliphatic heterocycles. The van der Waals surface area contributed by atoms with Crippen LogP contribution in [0.2, 0.25) is 0 Å². The number of hydrogen-bond donors (Lipinski definition) is 1. The minimum absolute atomic E-state index is 0.166. The summed E-state index contributed by atoms with van der Waals surface area (Å²) in [5.74, 6) is 0.741. The summed E-state index contributed by atoms with van der Waals surface area (Å²) in [5.41, 5.74) is 2.90. The maximum Gasteiger partial charge on any atom is 0.347 e. The number of aryl methyl sites for hydroxylation is 1. The van der Waals surface area contributed by atoms with Crippen molar-refractivity contribution in [3.63, 3.8) is 0 Å². The van der Waals surface area contributed by atoms with Crippen LogP contribution in [0.1, 0.15) is 31.7 Å². The molecule has 0 spiro atoms. The van der Waals surface area contributed by atoms with Gasteiger partial charge in [0.15, 0.2) is 0 Å². The second kappa shape index (κ2) is 7.29. The number of nitrogens with zero attached hydrogens (tertiary/aromatic N) is 3. The van der Waals surface area contributed by atoms with Crippen molar-refractivity contribution in [2.24, 2.45) is 7.05 Å². The van der Waals surface area contributed by atoms with E-state index < -0.39 is 5.63 Å². The number of hydrogen-bond acceptors (Lipinski definition) is 5. The van der Waals surface area contributed by atoms with Crippen molar-refractivity contribution in [2.75, 3.05) is 6.54 Å². The van der Waals surface area contributed by atoms with Crippen molar-refractivity contribution in [2.45, 2.75) is 38.8 Å². The highest BCUT2D eigenvalue weighted by Gasteiger charge is 2.23. The Balaban J connectivity index is 1.63. The molecular formula is C24H25N3O3. The summed E-state index contributed by atoms with van der Waals surface area (Å²) < 4.78 is 7.70. The second-order valence-electron chi connectivity index (χ2n) is 8.23. The lowest BCUT2D eigenvalue weighted by Gasteiger charge is -2.33. The molecule has 1 N–H and O–H groups in total. The van der Waals surface area contributed by atoms with Crippen LogP contribution in [-0.2, 0) is 13.6 Å². The molecule has 0 bridgehead atoms. The Hall–Kier alpha value is -3.12. The first-order chi connectivity index (χ1) is 14.5. The molecule has 3 heterocycles. The zero-order chi connectivity index (χ0) is 20.8. The van der Waals surface area contributed by atoms with Crippen LogP contribution in [0.5, 0.6) is 5.75 Å². The van der Waals surface area contributed by atoms with E-state index in [0.29, 0.717) is 35.1 Å². The van der Waals surface area contributed by atoms with Crippen LogP contribution in [0.25, 0.3) is 33.4 Å². The third-order valence-corrected chi connectivity index (χ3v) is 6.31. The van der Waals surface area contributed by atoms with Crippen molar-refractivity contribution in [3.05, 3.63) is 58.4 Å². The summed E-state index contributed by atoms with van der Waals surface area (Å²) in [6, 6.07) is 13.5. The Bertz CT molecular complexity index is 1300. The van der Waals surface area contributed by atoms with Crippen LogP contribution in [0.4, 0.5) is 0 Å². The van der Waals surface area contributed by atoms with E-state index in [9.17, 15) is 9.90 Å². The molecular weight excluding hydrogens is 378 g/mol. The van der Waals surface area contributed by atoms with Crippen molar-refractivity contribution in [1.82, 2.24) is 14.5 Å². The molecule has 0 radical (unpaired) electrons. The summed E-state index contributed by atoms with van der Waals surface area (Å²) in [6.45, 7) is 3.76. The topological polar surface area (TPSA) is 71.5 Å². The van der Waals surface area contributed by atoms with Crippen LogP contribution in [0, 0.1) is 0 Å². The summed E-state index contributed by atoms with van der Waals surface area (Å²) >= 11 is 0. The zero-order valence-corrected chi connectivity index (χ0v) is 17.3. The van der Waals surface area contributed by atoms with E-state index in [2.05, 4.69) is 16.8 Å². The second-order valence-corrected chi connectivity index (χ2v) is 8.23. The molecule has 1 fully saturated rings. The first-order valence-electron chi connectivity index (χ1n) is 10.5. The maximum absolute atomic E-state index is 13.0. The monoisotopic (exact) mass is 403 g/mol. The van der Waals surface area contributed by atoms with Crippen LogP contribution in [0.3, 0.4) is 0 Å². The van der Waals surface area contributed by atoms with Gasteiger partial charge in [0.1, 0.15) is 22.7 Å². The fraction of sp³-hybridized carbons (Fsp3) is 0.333. The van der Waals surface area contributed by atoms with Gasteiger partial charge >= 0.3 is 5.63 Å². The molecule has 0 amide bonds. The van der Waals surface area contributed by atoms with Gasteiger partial charge in [-0.1, -0.05) is 18.6 Å². The van der Waals surface area contributed by atoms with Gasteiger partial charge in [-0.3, -0.25) is 4.90 Å². The Labute approximate surface area is 174 Å². The lowest BCUT2D eigenvalue weighted by molar-refractivity contribution is 0.151. The maximum atomic E-state index is 13.0. The Morgan fingerprint density at radius 3 is 2.83 bits per heavy atom. The third-order valence-electron chi connectivity index (χ3n) is 6.31. The van der Waals surface area contributed by atoms with Crippen molar-refractivity contribution < 1.29 is 9.52 Å². The Morgan fingerprint density at radius 2 is 2.03 bits per heavy atom. The van der Waals surface area contributed by atoms with Crippen molar-refractivity contribution in [3.8, 4) is 17.1 Å². The van der Waals surface area contributed by atoms with Gasteiger partial charge in [0.2, 0.25) is 0 Å². The standard InChI is InChI=1S/C24H25N3O3/c1-15-7-5-6-12-27(15)14-18-21(28)11-10-16-13-17(24(29)30-22(16)18)23-25-19-8-3-4-9-20(19)26(23)2/h3-4,8-11,13,15,28H,5-7,12,14H2,1-2H3/t15-/m0/s1. The van der Waals surface area contributed by atoms with Gasteiger partial charge in [-0.05, 0) is 56.6 Å². The van der Waals surface area contributed by atoms with Gasteiger partial charge in [0.25, 0.3) is 0 Å². The quantitative estimate of drug-likeness (QED) is 0.513. The highest BCUT2D eigenvalue weighted by molar-refractivity contribution is 5.87. The van der Waals surface area contributed by atoms with Crippen LogP contribution in [-0.4, -0.2) is 32.1 Å². The highest BCUT2D eigenvalue weighted by Crippen LogP contribution is 2.32. The normalized spacial score (nSPS) is 17.7. The molecule has 6 nitrogen and oxygen atoms in total. The molecule has 1 atom stereocenters. The summed E-state index contributed by atoms with van der Waals surface area (Å²) in [7, 11) is 1.90. The molecule has 1 aliphatic rings. The molecule has 1 saturated heterocycles. The number of fused-ring (bicyclic) bond motifs is 2. The molecule has 2 aromatic carbocycles. The van der Waals surface area contributed by atoms with E-state index in [1.807, 2.05) is 41.9 Å². The number of piperidine rings is 1. The van der Waals surface area contributed by atoms with E-state index in [4.69, 9.17) is 4.42 Å². The fourth-order valence-electron chi connectivity index (χ4n) is 4.52. The van der Waals surface area contributed by atoms with E-state index in [1.54, 1.807) is 12.1 Å². The molecule has 0 aliphatic carbocycles. The van der Waals surface area contributed by atoms with Gasteiger partial charge in [-0.15, -0.1) is 0 Å². The molecule has 154 valence electrons. The fourth-order valence-corrected chi connectivity index (χ4v) is 4.52. The predicted octanol–water partition coefficient (Wildman–Crippen LogP) is 4.43. The highest BCUT2D eigenvalue weighted by atomic mass is 16.4. The number of likely N-dealkylation sites (tertiary alicyclic amines) is 1. The number of aromatic hydroxyl groups is 1. The number of phenolic OH excluding ortho intramolecular Hbond substituents is 1. The van der Waals surface area contributed by atoms with Gasteiger partial charge in [-0.25, -0.2) is 9.78 Å². The summed E-state index contributed by atoms with van der Waals surface area (Å²) in [6.07, 6.45) is 3.53. The van der Waals surface area contributed by atoms with E-state index >= 15 is 0 Å². The zero-order valence-electron chi connectivity index (χ0n) is 17.3. The number of para-hydroxylation sites is 2. The predicted molar refractivity (Wildman–Crippen MR) is 118 cm³/mol. The number of imidazole rings is 1. The molecule has 4 aromatic rings. The number of aromatic nitrogens is 2. The number of rotatable bonds is 3. The van der Waals surface area contributed by atoms with Gasteiger partial charge < -0.3 is 14.1 Å². The Morgan fingerprint density at radius 1 is 1.20 bits per heavy atom. The minimum atomic E-state index is -0.445. The van der Waals surface area contributed by atoms with Gasteiger partial charge in [-0.2, -0.15) is 0 Å². The minimum Gasteiger partial charge on any atom is -0.507 e. The van der Waals surface area contributed by atoms with E-state index in [1.165, 1.54) is 6.42 Å². The number of benzene rings is 2. The first kappa shape index (κ1) is 18.9. The van der Waals surface area contributed by atoms with Crippen LogP contribution in [0.15, 0.2) is 51.7 Å². The third kappa shape index (κ3) is 3.08. The molecule has 6 heteroatoms. The molecule has 2 aromatic heterocycles. The molecule has 5 rings (SSSR count). The van der Waals surface area contributed by atoms with E-state index in [0.717, 1.165) is 35.8 Å². The average Bonchev–Trinajstić information content (AvgIpc) is 3.08. The van der Waals surface area contributed by atoms with Crippen molar-refractivity contribution >= 4 is 22.0 Å². The van der Waals surface area contributed by atoms with Crippen LogP contribution >= 0.6 is 0 Å². The lowest BCUT2D eigenvalue weighted by Crippen LogP contribution is -2.36. The smallest absolute Gasteiger partial charge is 0.347 e. The summed E-state index contributed by atoms with van der Waals surface area (Å²) in [4.78, 5) is 20.0. The van der Waals surface area contributed by atoms with Crippen molar-refractivity contribution in [1.29, 1.82) is 0 Å². The Kier molecular flexibility index (Phi) is 4.59. The molecule has 0 saturated carbocycles. The first-order valence-corrected chi connectivity index (χ1v) is 10.5. The lowest BCUT2D eigenvalue weighted by atomic mass is 10.0. The molecule has 30 heavy (non-hydrogen) atoms. The molecule has 0 unspecified atom stereocenters. The van der Waals surface area contributed by atoms with Gasteiger partial charge in [0.05, 0.1) is 16.6 Å². The summed E-state index contributed by atoms with van der Waals surface area (Å²) in [5, 5.41) is 11.3. The number of phenols is 1. The SMILES string of the molecule is C[C@H]1CCCCN1Cc1c(O)ccc2cc(-c3nc4ccccc4n3C)c(=O)oc12.